The van der Waals surface area contributed by atoms with E-state index in [0.29, 0.717) is 5.56 Å². The average molecular weight is 832 g/mol. The van der Waals surface area contributed by atoms with Gasteiger partial charge >= 0.3 is 11.9 Å². The second kappa shape index (κ2) is 10.6. The van der Waals surface area contributed by atoms with Gasteiger partial charge in [0.15, 0.2) is 15.8 Å². The van der Waals surface area contributed by atoms with E-state index in [-0.39, 0.29) is 23.2 Å². The summed E-state index contributed by atoms with van der Waals surface area (Å²) in [6.07, 6.45) is -6.59. The van der Waals surface area contributed by atoms with Gasteiger partial charge in [0.05, 0.1) is 29.7 Å². The van der Waals surface area contributed by atoms with Gasteiger partial charge in [0, 0.05) is 19.8 Å². The largest absolute Gasteiger partial charge is 0.481 e. The number of carbonyl (C=O) groups is 6. The van der Waals surface area contributed by atoms with Gasteiger partial charge < -0.3 is 35.0 Å². The lowest BCUT2D eigenvalue weighted by atomic mass is 9.51. The van der Waals surface area contributed by atoms with Crippen molar-refractivity contribution in [3.8, 4) is 0 Å². The fourth-order valence-corrected chi connectivity index (χ4v) is 18.0. The number of halogens is 2. The van der Waals surface area contributed by atoms with Crippen LogP contribution in [0.4, 0.5) is 14.5 Å². The van der Waals surface area contributed by atoms with Crippen LogP contribution in [0.15, 0.2) is 36.4 Å². The van der Waals surface area contributed by atoms with Crippen LogP contribution in [0.3, 0.4) is 0 Å². The first-order valence-corrected chi connectivity index (χ1v) is 21.6. The third-order valence-corrected chi connectivity index (χ3v) is 20.7. The van der Waals surface area contributed by atoms with Crippen molar-refractivity contribution in [3.63, 3.8) is 0 Å². The molecule has 8 fully saturated rings. The minimum atomic E-state index is -2.16. The zero-order valence-corrected chi connectivity index (χ0v) is 32.6. The molecule has 1 aliphatic carbocycles. The molecular formula is C35H31F2N5O9S4. The maximum Gasteiger partial charge on any atom is 0.306 e. The van der Waals surface area contributed by atoms with Crippen molar-refractivity contribution in [2.24, 2.45) is 0 Å². The van der Waals surface area contributed by atoms with E-state index in [1.807, 2.05) is 0 Å². The molecule has 0 unspecified atom stereocenters. The Hall–Kier alpha value is -3.72. The molecule has 288 valence electrons. The van der Waals surface area contributed by atoms with E-state index < -0.39 is 115 Å². The van der Waals surface area contributed by atoms with Gasteiger partial charge in [-0.05, 0) is 88.9 Å². The number of nitrogens with one attached hydrogen (secondary N) is 1. The molecule has 12 rings (SSSR count). The molecule has 10 atom stereocenters. The number of ether oxygens (including phenoxy) is 1. The predicted octanol–water partition coefficient (Wildman–Crippen LogP) is 2.20. The van der Waals surface area contributed by atoms with Gasteiger partial charge in [0.2, 0.25) is 9.74 Å². The zero-order chi connectivity index (χ0) is 39.2. The highest BCUT2D eigenvalue weighted by Crippen LogP contribution is 2.79. The molecular weight excluding hydrogens is 801 g/mol. The van der Waals surface area contributed by atoms with Gasteiger partial charge in [-0.15, -0.1) is 0 Å². The highest BCUT2D eigenvalue weighted by atomic mass is 33.1. The Labute approximate surface area is 327 Å². The van der Waals surface area contributed by atoms with E-state index >= 15 is 18.4 Å². The first kappa shape index (κ1) is 35.7. The topological polar surface area (TPSA) is 177 Å². The highest BCUT2D eigenvalue weighted by molar-refractivity contribution is 8.78. The van der Waals surface area contributed by atoms with E-state index in [1.54, 1.807) is 13.8 Å². The van der Waals surface area contributed by atoms with Gasteiger partial charge in [-0.2, -0.15) is 0 Å². The van der Waals surface area contributed by atoms with Crippen LogP contribution < -0.4 is 5.32 Å². The number of amides is 4. The molecule has 0 radical (unpaired) electrons. The lowest BCUT2D eigenvalue weighted by Gasteiger charge is -2.58. The smallest absolute Gasteiger partial charge is 0.306 e. The first-order chi connectivity index (χ1) is 25.9. The quantitative estimate of drug-likeness (QED) is 0.295. The lowest BCUT2D eigenvalue weighted by Crippen LogP contribution is -2.77. The summed E-state index contributed by atoms with van der Waals surface area (Å²) in [4.78, 5) is 83.6. The SMILES string of the molecule is CN1C(=O)[C@]23SS[C@@]1(C)C(=O)N2[C@H]1Cc2ccc(F)cc2[C@@]1([C@@]12c4cc(F)ccc4N[C@@H]1N1C(=O)[C@]4(C)SS[C@]1(C(=O)N4C)[C@H]2OC(=O)CCC(=O)O)[C@@H]3O. The number of aliphatic hydroxyl groups is 1. The molecule has 9 aliphatic heterocycles. The van der Waals surface area contributed by atoms with Crippen molar-refractivity contribution < 1.29 is 52.5 Å². The summed E-state index contributed by atoms with van der Waals surface area (Å²) >= 11 is 0. The maximum absolute atomic E-state index is 16.0. The number of piperazine rings is 2. The summed E-state index contributed by atoms with van der Waals surface area (Å²) in [5.41, 5.74) is -3.35. The standard InChI is InChI=1S/C35H31F2N5O9S4/c1-30-26(47)41-20-11-14-5-6-15(36)12-17(14)32(20,23(46)34(41,54-52-30)28(49)39(30)3)33-18-13-16(37)7-8-19(18)38-25(33)42-27(48)31(2)40(4)29(50)35(42,55-53-31)24(33)51-22(45)10-9-21(43)44/h5-8,12-13,20,23-25,38,46H,9-11H2,1-4H3,(H,43,44)/t20-,23-,24-,25+,30-,31-,32-,33+,34-,35-/m0/s1. The minimum Gasteiger partial charge on any atom is -0.481 e. The number of hydrogen-bond acceptors (Lipinski definition) is 13. The number of carbonyl (C=O) groups excluding carboxylic acids is 5. The molecule has 0 saturated carbocycles. The molecule has 2 aromatic rings. The van der Waals surface area contributed by atoms with Crippen LogP contribution in [0.2, 0.25) is 0 Å². The van der Waals surface area contributed by atoms with E-state index in [1.165, 1.54) is 64.0 Å². The number of hydrogen-bond donors (Lipinski definition) is 3. The zero-order valence-electron chi connectivity index (χ0n) is 29.3. The summed E-state index contributed by atoms with van der Waals surface area (Å²) in [6, 6.07) is 6.44. The second-order valence-corrected chi connectivity index (χ2v) is 20.9. The number of fused-ring (bicyclic) bond motifs is 11. The van der Waals surface area contributed by atoms with Crippen LogP contribution in [0.5, 0.6) is 0 Å². The molecule has 55 heavy (non-hydrogen) atoms. The lowest BCUT2D eigenvalue weighted by molar-refractivity contribution is -0.173. The monoisotopic (exact) mass is 831 g/mol. The van der Waals surface area contributed by atoms with Gasteiger partial charge in [0.25, 0.3) is 23.6 Å². The van der Waals surface area contributed by atoms with Gasteiger partial charge in [-0.1, -0.05) is 27.7 Å². The molecule has 20 heteroatoms. The fourth-order valence-electron chi connectivity index (χ4n) is 10.8. The number of aliphatic carboxylic acids is 1. The van der Waals surface area contributed by atoms with Crippen molar-refractivity contribution in [2.45, 2.75) is 87.8 Å². The Morgan fingerprint density at radius 1 is 0.818 bits per heavy atom. The molecule has 9 heterocycles. The Kier molecular flexibility index (Phi) is 6.88. The molecule has 4 bridgehead atoms. The summed E-state index contributed by atoms with van der Waals surface area (Å²) in [6.45, 7) is 3.15. The normalized spacial score (nSPS) is 41.2. The third-order valence-electron chi connectivity index (χ3n) is 13.3. The van der Waals surface area contributed by atoms with Crippen LogP contribution >= 0.6 is 43.2 Å². The van der Waals surface area contributed by atoms with Crippen LogP contribution in [-0.4, -0.2) is 123 Å². The fraction of sp³-hybridized carbons (Fsp3) is 0.486. The van der Waals surface area contributed by atoms with Crippen LogP contribution in [0.25, 0.3) is 0 Å². The van der Waals surface area contributed by atoms with Gasteiger partial charge in [-0.3, -0.25) is 33.7 Å². The number of aliphatic hydroxyl groups excluding tert-OH is 1. The minimum absolute atomic E-state index is 0.0360. The summed E-state index contributed by atoms with van der Waals surface area (Å²) in [5, 5.41) is 26.4. The Balaban J connectivity index is 1.37. The van der Waals surface area contributed by atoms with Crippen LogP contribution in [0.1, 0.15) is 43.4 Å². The molecule has 3 N–H and O–H groups in total. The summed E-state index contributed by atoms with van der Waals surface area (Å²) in [5.74, 6) is -6.29. The summed E-state index contributed by atoms with van der Waals surface area (Å²) < 4.78 is 38.3. The van der Waals surface area contributed by atoms with E-state index in [4.69, 9.17) is 4.74 Å². The molecule has 2 aromatic carbocycles. The number of anilines is 1. The molecule has 14 nitrogen and oxygen atoms in total. The first-order valence-electron chi connectivity index (χ1n) is 17.3. The van der Waals surface area contributed by atoms with Gasteiger partial charge in [-0.25, -0.2) is 8.78 Å². The molecule has 8 saturated heterocycles. The van der Waals surface area contributed by atoms with E-state index in [0.717, 1.165) is 49.2 Å². The van der Waals surface area contributed by atoms with Crippen molar-refractivity contribution >= 4 is 84.4 Å². The van der Waals surface area contributed by atoms with Crippen LogP contribution in [0, 0.1) is 11.6 Å². The number of benzene rings is 2. The number of carboxylic acids is 1. The number of nitrogens with zero attached hydrogens (tertiary/aromatic N) is 4. The second-order valence-electron chi connectivity index (χ2n) is 15.4. The highest BCUT2D eigenvalue weighted by Gasteiger charge is 2.93. The third kappa shape index (κ3) is 3.53. The Bertz CT molecular complexity index is 2270. The number of esters is 1. The number of rotatable bonds is 5. The molecule has 0 aromatic heterocycles. The number of likely N-dealkylation sites (N-methyl/N-ethyl adjacent to an activating group) is 2. The molecule has 4 amide bonds. The van der Waals surface area contributed by atoms with Crippen molar-refractivity contribution in [3.05, 3.63) is 64.7 Å². The van der Waals surface area contributed by atoms with E-state index in [9.17, 15) is 29.4 Å². The molecule has 10 aliphatic rings. The molecule has 2 spiro atoms. The van der Waals surface area contributed by atoms with Gasteiger partial charge in [0.1, 0.15) is 23.9 Å². The Morgan fingerprint density at radius 2 is 1.40 bits per heavy atom. The van der Waals surface area contributed by atoms with Crippen molar-refractivity contribution in [2.75, 3.05) is 19.4 Å². The maximum atomic E-state index is 16.0. The number of carboxylic acid groups (broad SMARTS) is 1. The predicted molar refractivity (Wildman–Crippen MR) is 196 cm³/mol. The van der Waals surface area contributed by atoms with Crippen molar-refractivity contribution in [1.82, 2.24) is 19.6 Å². The average Bonchev–Trinajstić information content (AvgIpc) is 3.79. The van der Waals surface area contributed by atoms with Crippen LogP contribution in [-0.2, 0) is 50.8 Å². The van der Waals surface area contributed by atoms with E-state index in [2.05, 4.69) is 5.32 Å². The summed E-state index contributed by atoms with van der Waals surface area (Å²) in [7, 11) is 6.95. The Morgan fingerprint density at radius 3 is 2.05 bits per heavy atom. The van der Waals surface area contributed by atoms with Crippen molar-refractivity contribution in [1.29, 1.82) is 0 Å².